The van der Waals surface area contributed by atoms with Gasteiger partial charge in [0, 0.05) is 25.9 Å². The van der Waals surface area contributed by atoms with Crippen LogP contribution in [0.3, 0.4) is 0 Å². The molecular formula is C24H32N11O9P. The average Bonchev–Trinajstić information content (AvgIpc) is 3.82. The summed E-state index contributed by atoms with van der Waals surface area (Å²) in [4.78, 5) is 45.7. The van der Waals surface area contributed by atoms with Crippen molar-refractivity contribution in [1.29, 1.82) is 0 Å². The zero-order valence-corrected chi connectivity index (χ0v) is 24.7. The lowest BCUT2D eigenvalue weighted by Crippen LogP contribution is -2.32. The van der Waals surface area contributed by atoms with Crippen LogP contribution in [0.25, 0.3) is 22.3 Å². The van der Waals surface area contributed by atoms with Gasteiger partial charge in [0.2, 0.25) is 11.9 Å². The number of aliphatic hydroxyl groups excluding tert-OH is 2. The smallest absolute Gasteiger partial charge is 0.394 e. The van der Waals surface area contributed by atoms with Gasteiger partial charge in [-0.3, -0.25) is 37.7 Å². The summed E-state index contributed by atoms with van der Waals surface area (Å²) in [7, 11) is -4.00. The molecule has 4 aromatic heterocycles. The van der Waals surface area contributed by atoms with Crippen molar-refractivity contribution in [2.75, 3.05) is 37.8 Å². The van der Waals surface area contributed by atoms with Gasteiger partial charge in [-0.2, -0.15) is 9.97 Å². The van der Waals surface area contributed by atoms with Gasteiger partial charge in [0.05, 0.1) is 32.0 Å². The Kier molecular flexibility index (Phi) is 7.69. The largest absolute Gasteiger partial charge is 0.408 e. The molecule has 3 aliphatic rings. The summed E-state index contributed by atoms with van der Waals surface area (Å²) in [6.45, 7) is 0.175. The molecule has 3 aliphatic heterocycles. The first-order valence-corrected chi connectivity index (χ1v) is 15.9. The van der Waals surface area contributed by atoms with E-state index in [1.165, 1.54) is 21.8 Å². The molecule has 7 rings (SSSR count). The fourth-order valence-electron chi connectivity index (χ4n) is 5.95. The van der Waals surface area contributed by atoms with Gasteiger partial charge < -0.3 is 31.2 Å². The van der Waals surface area contributed by atoms with E-state index in [0.717, 1.165) is 12.8 Å². The molecule has 0 spiro atoms. The van der Waals surface area contributed by atoms with Crippen LogP contribution in [-0.2, 0) is 23.1 Å². The van der Waals surface area contributed by atoms with E-state index in [9.17, 15) is 24.4 Å². The molecule has 3 fully saturated rings. The van der Waals surface area contributed by atoms with Crippen molar-refractivity contribution in [3.8, 4) is 0 Å². The lowest BCUT2D eigenvalue weighted by Gasteiger charge is -2.30. The predicted octanol–water partition coefficient (Wildman–Crippen LogP) is -1.05. The lowest BCUT2D eigenvalue weighted by molar-refractivity contribution is -0.0534. The first-order chi connectivity index (χ1) is 21.6. The number of anilines is 2. The van der Waals surface area contributed by atoms with Gasteiger partial charge in [0.15, 0.2) is 22.3 Å². The second-order valence-corrected chi connectivity index (χ2v) is 13.1. The maximum Gasteiger partial charge on any atom is 0.408 e. The number of aromatic nitrogens is 8. The molecule has 242 valence electrons. The van der Waals surface area contributed by atoms with E-state index in [2.05, 4.69) is 29.9 Å². The third-order valence-electron chi connectivity index (χ3n) is 8.19. The number of fused-ring (bicyclic) bond motifs is 2. The van der Waals surface area contributed by atoms with E-state index < -0.39 is 62.3 Å². The molecule has 20 nitrogen and oxygen atoms in total. The van der Waals surface area contributed by atoms with Gasteiger partial charge in [-0.1, -0.05) is 0 Å². The third-order valence-corrected chi connectivity index (χ3v) is 10.3. The Bertz CT molecular complexity index is 1890. The van der Waals surface area contributed by atoms with Crippen LogP contribution in [0.2, 0.25) is 0 Å². The SMILES string of the molecule is Nc1nc2c(ncn2[C@H]2C[C@H](OP(=O)(OC[C@H]3O[C@@H](n4cnc5c(=O)[nH]c(N)nc54)C[C@@H]3O)N3CCCC3)[C@@H](CO)O2)c(=O)[nH]1. The maximum absolute atomic E-state index is 14.4. The van der Waals surface area contributed by atoms with Crippen LogP contribution >= 0.6 is 7.75 Å². The van der Waals surface area contributed by atoms with Crippen LogP contribution in [0.1, 0.15) is 38.1 Å². The number of nitrogens with zero attached hydrogens (tertiary/aromatic N) is 7. The Morgan fingerprint density at radius 1 is 0.933 bits per heavy atom. The molecule has 0 aromatic carbocycles. The maximum atomic E-state index is 14.4. The molecular weight excluding hydrogens is 617 g/mol. The minimum absolute atomic E-state index is 0.0620. The van der Waals surface area contributed by atoms with E-state index in [1.54, 1.807) is 4.67 Å². The highest BCUT2D eigenvalue weighted by Gasteiger charge is 2.47. The van der Waals surface area contributed by atoms with Crippen molar-refractivity contribution in [3.05, 3.63) is 33.4 Å². The Labute approximate surface area is 252 Å². The number of nitrogens with one attached hydrogen (secondary N) is 2. The Hall–Kier alpha value is -3.75. The molecule has 0 saturated carbocycles. The molecule has 0 aliphatic carbocycles. The van der Waals surface area contributed by atoms with Gasteiger partial charge in [0.25, 0.3) is 11.1 Å². The van der Waals surface area contributed by atoms with Crippen LogP contribution in [0, 0.1) is 0 Å². The molecule has 21 heteroatoms. The molecule has 1 unspecified atom stereocenters. The standard InChI is InChI=1S/C24H32N11O9P/c25-23-29-19-17(21(38)31-23)27-9-34(19)15-5-11(37)14(43-15)8-41-45(40,33-3-1-2-4-33)44-12-6-16(42-13(12)7-36)35-10-28-18-20(35)30-24(26)32-22(18)39/h9-16,36-37H,1-8H2,(H3,25,29,31,38)(H3,26,30,32,39)/t11-,12-,13+,14+,15+,16+,45?/m0/s1. The van der Waals surface area contributed by atoms with E-state index in [0.29, 0.717) is 13.1 Å². The van der Waals surface area contributed by atoms with Gasteiger partial charge >= 0.3 is 7.75 Å². The van der Waals surface area contributed by atoms with Crippen molar-refractivity contribution in [1.82, 2.24) is 43.7 Å². The topological polar surface area (TPSA) is 277 Å². The molecule has 7 atom stereocenters. The van der Waals surface area contributed by atoms with Crippen molar-refractivity contribution < 1.29 is 33.3 Å². The first kappa shape index (κ1) is 29.9. The molecule has 8 N–H and O–H groups in total. The van der Waals surface area contributed by atoms with Crippen molar-refractivity contribution in [2.24, 2.45) is 0 Å². The Balaban J connectivity index is 1.08. The summed E-state index contributed by atoms with van der Waals surface area (Å²) in [5.74, 6) is -0.189. The Morgan fingerprint density at radius 2 is 1.49 bits per heavy atom. The molecule has 0 radical (unpaired) electrons. The van der Waals surface area contributed by atoms with E-state index in [1.807, 2.05) is 0 Å². The molecule has 7 heterocycles. The fraction of sp³-hybridized carbons (Fsp3) is 0.583. The number of hydrogen-bond donors (Lipinski definition) is 6. The second-order valence-electron chi connectivity index (χ2n) is 11.1. The highest BCUT2D eigenvalue weighted by molar-refractivity contribution is 7.51. The number of aromatic amines is 2. The van der Waals surface area contributed by atoms with Gasteiger partial charge in [-0.25, -0.2) is 19.2 Å². The van der Waals surface area contributed by atoms with Crippen molar-refractivity contribution in [2.45, 2.75) is 62.6 Å². The molecule has 0 amide bonds. The number of nitrogen functional groups attached to an aromatic ring is 2. The van der Waals surface area contributed by atoms with Crippen molar-refractivity contribution >= 4 is 42.0 Å². The molecule has 45 heavy (non-hydrogen) atoms. The zero-order chi connectivity index (χ0) is 31.5. The molecule has 0 bridgehead atoms. The number of nitrogens with two attached hydrogens (primary N) is 2. The number of imidazole rings is 2. The van der Waals surface area contributed by atoms with E-state index in [-0.39, 0.29) is 53.7 Å². The zero-order valence-electron chi connectivity index (χ0n) is 23.8. The number of aliphatic hydroxyl groups is 2. The lowest BCUT2D eigenvalue weighted by atomic mass is 10.2. The van der Waals surface area contributed by atoms with Crippen molar-refractivity contribution in [3.63, 3.8) is 0 Å². The van der Waals surface area contributed by atoms with Crippen LogP contribution in [0.15, 0.2) is 22.2 Å². The van der Waals surface area contributed by atoms with Crippen LogP contribution in [0.4, 0.5) is 11.9 Å². The number of rotatable bonds is 9. The fourth-order valence-corrected chi connectivity index (χ4v) is 7.98. The highest BCUT2D eigenvalue weighted by atomic mass is 31.2. The number of hydrogen-bond acceptors (Lipinski definition) is 15. The summed E-state index contributed by atoms with van der Waals surface area (Å²) in [6.07, 6.45) is -0.642. The Morgan fingerprint density at radius 3 is 2.07 bits per heavy atom. The summed E-state index contributed by atoms with van der Waals surface area (Å²) in [5.41, 5.74) is 10.9. The monoisotopic (exact) mass is 649 g/mol. The predicted molar refractivity (Wildman–Crippen MR) is 155 cm³/mol. The van der Waals surface area contributed by atoms with Crippen LogP contribution < -0.4 is 22.6 Å². The van der Waals surface area contributed by atoms with E-state index >= 15 is 0 Å². The summed E-state index contributed by atoms with van der Waals surface area (Å²) in [6, 6.07) is 0. The summed E-state index contributed by atoms with van der Waals surface area (Å²) < 4.78 is 43.2. The van der Waals surface area contributed by atoms with E-state index in [4.69, 9.17) is 30.0 Å². The van der Waals surface area contributed by atoms with Gasteiger partial charge in [0.1, 0.15) is 30.8 Å². The minimum atomic E-state index is -4.00. The normalized spacial score (nSPS) is 28.8. The minimum Gasteiger partial charge on any atom is -0.394 e. The molecule has 4 aromatic rings. The highest BCUT2D eigenvalue weighted by Crippen LogP contribution is 2.57. The first-order valence-electron chi connectivity index (χ1n) is 14.4. The molecule has 3 saturated heterocycles. The number of ether oxygens (including phenoxy) is 2. The van der Waals surface area contributed by atoms with Crippen LogP contribution in [-0.4, -0.2) is 105 Å². The second kappa shape index (κ2) is 11.6. The van der Waals surface area contributed by atoms with Gasteiger partial charge in [-0.05, 0) is 12.8 Å². The summed E-state index contributed by atoms with van der Waals surface area (Å²) >= 11 is 0. The number of H-pyrrole nitrogens is 2. The summed E-state index contributed by atoms with van der Waals surface area (Å²) in [5, 5.41) is 21.0. The average molecular weight is 650 g/mol. The quantitative estimate of drug-likeness (QED) is 0.118. The van der Waals surface area contributed by atoms with Crippen LogP contribution in [0.5, 0.6) is 0 Å². The van der Waals surface area contributed by atoms with Gasteiger partial charge in [-0.15, -0.1) is 0 Å². The third kappa shape index (κ3) is 5.42.